The standard InChI is InChI=1S/C17H23BrNO4/c1-11(2)19(4)12(3)15(20)9-17(22)23-10-16(21)13-5-7-14(18)8-6-13/h5-8,11-12,15,20H,4,9-10H2,1-3H3/q+1/t12?,15-/m0/s1. The van der Waals surface area contributed by atoms with Gasteiger partial charge in [-0.25, -0.2) is 4.58 Å². The molecule has 0 aliphatic heterocycles. The molecule has 0 saturated heterocycles. The highest BCUT2D eigenvalue weighted by atomic mass is 79.9. The molecule has 0 saturated carbocycles. The van der Waals surface area contributed by atoms with E-state index in [9.17, 15) is 14.7 Å². The monoisotopic (exact) mass is 384 g/mol. The first-order valence-corrected chi connectivity index (χ1v) is 8.23. The Kier molecular flexibility index (Phi) is 7.58. The Morgan fingerprint density at radius 3 is 2.35 bits per heavy atom. The van der Waals surface area contributed by atoms with Gasteiger partial charge in [0.1, 0.15) is 18.9 Å². The van der Waals surface area contributed by atoms with E-state index in [1.165, 1.54) is 0 Å². The van der Waals surface area contributed by atoms with Gasteiger partial charge in [-0.15, -0.1) is 0 Å². The smallest absolute Gasteiger partial charge is 0.309 e. The third-order valence-electron chi connectivity index (χ3n) is 3.65. The quantitative estimate of drug-likeness (QED) is 0.323. The number of ketones is 1. The summed E-state index contributed by atoms with van der Waals surface area (Å²) in [6.45, 7) is 9.21. The predicted octanol–water partition coefficient (Wildman–Crippen LogP) is 2.44. The van der Waals surface area contributed by atoms with Crippen LogP contribution in [0.5, 0.6) is 0 Å². The van der Waals surface area contributed by atoms with Crippen LogP contribution in [-0.2, 0) is 9.53 Å². The zero-order chi connectivity index (χ0) is 17.6. The SMILES string of the molecule is C=[N+](C(C)C)C(C)[C@@H](O)CC(=O)OCC(=O)c1ccc(Br)cc1. The molecule has 1 N–H and O–H groups in total. The van der Waals surface area contributed by atoms with Crippen LogP contribution in [0.4, 0.5) is 0 Å². The van der Waals surface area contributed by atoms with E-state index in [1.807, 2.05) is 13.8 Å². The minimum absolute atomic E-state index is 0.148. The first kappa shape index (κ1) is 19.5. The van der Waals surface area contributed by atoms with Crippen LogP contribution < -0.4 is 0 Å². The fraction of sp³-hybridized carbons (Fsp3) is 0.471. The third-order valence-corrected chi connectivity index (χ3v) is 4.18. The number of hydrogen-bond donors (Lipinski definition) is 1. The van der Waals surface area contributed by atoms with Gasteiger partial charge in [-0.05, 0) is 32.9 Å². The third kappa shape index (κ3) is 6.23. The van der Waals surface area contributed by atoms with Crippen molar-refractivity contribution in [2.75, 3.05) is 6.61 Å². The van der Waals surface area contributed by atoms with Crippen LogP contribution in [0.25, 0.3) is 0 Å². The summed E-state index contributed by atoms with van der Waals surface area (Å²) in [6.07, 6.45) is -1.07. The van der Waals surface area contributed by atoms with Crippen LogP contribution in [0, 0.1) is 0 Å². The van der Waals surface area contributed by atoms with Gasteiger partial charge in [-0.3, -0.25) is 9.59 Å². The molecule has 0 heterocycles. The molecule has 0 spiro atoms. The molecule has 6 heteroatoms. The van der Waals surface area contributed by atoms with E-state index in [4.69, 9.17) is 4.74 Å². The van der Waals surface area contributed by atoms with Crippen molar-refractivity contribution in [2.24, 2.45) is 0 Å². The largest absolute Gasteiger partial charge is 0.457 e. The molecule has 0 fully saturated rings. The Balaban J connectivity index is 2.46. The molecular formula is C17H23BrNO4+. The topological polar surface area (TPSA) is 66.6 Å². The van der Waals surface area contributed by atoms with E-state index in [2.05, 4.69) is 22.6 Å². The number of nitrogens with zero attached hydrogens (tertiary/aromatic N) is 1. The van der Waals surface area contributed by atoms with E-state index in [0.717, 1.165) is 4.47 Å². The van der Waals surface area contributed by atoms with Crippen LogP contribution in [0.1, 0.15) is 37.6 Å². The molecule has 2 atom stereocenters. The number of Topliss-reactive ketones (excluding diaryl/α,β-unsaturated/α-hetero) is 1. The van der Waals surface area contributed by atoms with Gasteiger partial charge < -0.3 is 9.84 Å². The van der Waals surface area contributed by atoms with Crippen molar-refractivity contribution < 1.29 is 24.0 Å². The molecule has 0 bridgehead atoms. The first-order chi connectivity index (χ1) is 10.7. The minimum Gasteiger partial charge on any atom is -0.457 e. The molecule has 0 radical (unpaired) electrons. The number of rotatable bonds is 8. The second kappa shape index (κ2) is 8.93. The number of aliphatic hydroxyl groups is 1. The van der Waals surface area contributed by atoms with Crippen LogP contribution in [0.15, 0.2) is 28.7 Å². The summed E-state index contributed by atoms with van der Waals surface area (Å²) < 4.78 is 7.54. The van der Waals surface area contributed by atoms with E-state index < -0.39 is 12.1 Å². The van der Waals surface area contributed by atoms with Crippen molar-refractivity contribution in [3.63, 3.8) is 0 Å². The van der Waals surface area contributed by atoms with E-state index in [1.54, 1.807) is 35.8 Å². The zero-order valence-electron chi connectivity index (χ0n) is 13.7. The summed E-state index contributed by atoms with van der Waals surface area (Å²) in [5.41, 5.74) is 0.471. The van der Waals surface area contributed by atoms with Crippen LogP contribution >= 0.6 is 15.9 Å². The summed E-state index contributed by atoms with van der Waals surface area (Å²) in [4.78, 5) is 23.7. The maximum absolute atomic E-state index is 11.9. The van der Waals surface area contributed by atoms with Crippen molar-refractivity contribution in [1.29, 1.82) is 0 Å². The Morgan fingerprint density at radius 2 is 1.83 bits per heavy atom. The highest BCUT2D eigenvalue weighted by Crippen LogP contribution is 2.11. The minimum atomic E-state index is -0.898. The summed E-state index contributed by atoms with van der Waals surface area (Å²) in [5.74, 6) is -0.888. The molecule has 1 aromatic rings. The molecule has 0 aromatic heterocycles. The number of carbonyl (C=O) groups excluding carboxylic acids is 2. The molecule has 1 rings (SSSR count). The first-order valence-electron chi connectivity index (χ1n) is 7.43. The summed E-state index contributed by atoms with van der Waals surface area (Å²) in [5, 5.41) is 10.0. The molecule has 0 aliphatic rings. The van der Waals surface area contributed by atoms with Crippen molar-refractivity contribution in [2.45, 2.75) is 45.4 Å². The zero-order valence-corrected chi connectivity index (χ0v) is 15.2. The Morgan fingerprint density at radius 1 is 1.26 bits per heavy atom. The number of benzene rings is 1. The molecular weight excluding hydrogens is 362 g/mol. The van der Waals surface area contributed by atoms with Crippen LogP contribution in [-0.4, -0.2) is 52.9 Å². The molecule has 23 heavy (non-hydrogen) atoms. The van der Waals surface area contributed by atoms with E-state index in [-0.39, 0.29) is 30.9 Å². The maximum Gasteiger partial charge on any atom is 0.309 e. The van der Waals surface area contributed by atoms with Gasteiger partial charge in [0.15, 0.2) is 18.4 Å². The summed E-state index contributed by atoms with van der Waals surface area (Å²) in [6, 6.07) is 6.66. The van der Waals surface area contributed by atoms with Crippen molar-refractivity contribution in [3.05, 3.63) is 34.3 Å². The predicted molar refractivity (Wildman–Crippen MR) is 92.0 cm³/mol. The number of carbonyl (C=O) groups is 2. The number of aliphatic hydroxyl groups excluding tert-OH is 1. The summed E-state index contributed by atoms with van der Waals surface area (Å²) in [7, 11) is 0. The van der Waals surface area contributed by atoms with Gasteiger partial charge in [0.25, 0.3) is 0 Å². The summed E-state index contributed by atoms with van der Waals surface area (Å²) >= 11 is 3.29. The van der Waals surface area contributed by atoms with Gasteiger partial charge in [0.2, 0.25) is 0 Å². The fourth-order valence-corrected chi connectivity index (χ4v) is 2.22. The molecule has 0 aliphatic carbocycles. The van der Waals surface area contributed by atoms with Crippen molar-refractivity contribution in [1.82, 2.24) is 0 Å². The average molecular weight is 385 g/mol. The Bertz CT molecular complexity index is 568. The van der Waals surface area contributed by atoms with Gasteiger partial charge in [0, 0.05) is 10.0 Å². The van der Waals surface area contributed by atoms with Crippen molar-refractivity contribution >= 4 is 34.4 Å². The van der Waals surface area contributed by atoms with Crippen LogP contribution in [0.3, 0.4) is 0 Å². The number of halogens is 1. The second-order valence-electron chi connectivity index (χ2n) is 5.71. The molecule has 5 nitrogen and oxygen atoms in total. The van der Waals surface area contributed by atoms with Crippen LogP contribution in [0.2, 0.25) is 0 Å². The lowest BCUT2D eigenvalue weighted by Crippen LogP contribution is -2.39. The number of esters is 1. The lowest BCUT2D eigenvalue weighted by molar-refractivity contribution is -0.592. The van der Waals surface area contributed by atoms with Crippen molar-refractivity contribution in [3.8, 4) is 0 Å². The fourth-order valence-electron chi connectivity index (χ4n) is 1.96. The van der Waals surface area contributed by atoms with Gasteiger partial charge in [0.05, 0.1) is 6.42 Å². The Hall–Kier alpha value is -1.53. The molecule has 126 valence electrons. The van der Waals surface area contributed by atoms with E-state index >= 15 is 0 Å². The normalized spacial score (nSPS) is 13.5. The Labute approximate surface area is 145 Å². The van der Waals surface area contributed by atoms with Gasteiger partial charge in [-0.2, -0.15) is 0 Å². The average Bonchev–Trinajstić information content (AvgIpc) is 2.51. The number of ether oxygens (including phenoxy) is 1. The van der Waals surface area contributed by atoms with E-state index in [0.29, 0.717) is 5.56 Å². The highest BCUT2D eigenvalue weighted by molar-refractivity contribution is 9.10. The van der Waals surface area contributed by atoms with Gasteiger partial charge in [-0.1, -0.05) is 28.1 Å². The highest BCUT2D eigenvalue weighted by Gasteiger charge is 2.27. The van der Waals surface area contributed by atoms with Gasteiger partial charge >= 0.3 is 5.97 Å². The molecule has 1 aromatic carbocycles. The second-order valence-corrected chi connectivity index (χ2v) is 6.63. The molecule has 0 amide bonds. The lowest BCUT2D eigenvalue weighted by atomic mass is 10.1. The number of hydrogen-bond acceptors (Lipinski definition) is 4. The maximum atomic E-state index is 11.9. The lowest BCUT2D eigenvalue weighted by Gasteiger charge is -2.18. The molecule has 1 unspecified atom stereocenters.